The lowest BCUT2D eigenvalue weighted by Gasteiger charge is -1.96. The minimum absolute atomic E-state index is 0.491. The maximum atomic E-state index is 5.96. The number of benzene rings is 1. The maximum Gasteiger partial charge on any atom is 0.182 e. The summed E-state index contributed by atoms with van der Waals surface area (Å²) in [6, 6.07) is 9.75. The Labute approximate surface area is 109 Å². The fourth-order valence-corrected chi connectivity index (χ4v) is 1.97. The van der Waals surface area contributed by atoms with Gasteiger partial charge in [0.25, 0.3) is 0 Å². The molecule has 2 heterocycles. The number of hydrogen-bond donors (Lipinski definition) is 1. The van der Waals surface area contributed by atoms with E-state index >= 15 is 0 Å². The van der Waals surface area contributed by atoms with Gasteiger partial charge in [-0.25, -0.2) is 9.50 Å². The molecule has 0 aliphatic heterocycles. The van der Waals surface area contributed by atoms with Crippen molar-refractivity contribution in [2.24, 2.45) is 0 Å². The van der Waals surface area contributed by atoms with Crippen molar-refractivity contribution in [1.82, 2.24) is 14.6 Å². The summed E-state index contributed by atoms with van der Waals surface area (Å²) < 4.78 is 1.64. The molecule has 5 heteroatoms. The number of anilines is 1. The first-order valence-corrected chi connectivity index (χ1v) is 5.90. The molecule has 2 aromatic heterocycles. The lowest BCUT2D eigenvalue weighted by atomic mass is 10.1. The molecule has 0 amide bonds. The van der Waals surface area contributed by atoms with Crippen LogP contribution in [-0.4, -0.2) is 14.6 Å². The van der Waals surface area contributed by atoms with Crippen molar-refractivity contribution in [3.63, 3.8) is 0 Å². The van der Waals surface area contributed by atoms with Crippen molar-refractivity contribution in [2.75, 3.05) is 5.73 Å². The summed E-state index contributed by atoms with van der Waals surface area (Å²) in [7, 11) is 0. The molecule has 0 saturated carbocycles. The van der Waals surface area contributed by atoms with Crippen molar-refractivity contribution in [3.05, 3.63) is 47.1 Å². The molecule has 0 unspecified atom stereocenters. The van der Waals surface area contributed by atoms with Crippen molar-refractivity contribution in [2.45, 2.75) is 6.92 Å². The van der Waals surface area contributed by atoms with Crippen LogP contribution in [0.3, 0.4) is 0 Å². The minimum Gasteiger partial charge on any atom is -0.396 e. The predicted octanol–water partition coefficient (Wildman–Crippen LogP) is 2.94. The van der Waals surface area contributed by atoms with Crippen LogP contribution < -0.4 is 5.73 Å². The van der Waals surface area contributed by atoms with E-state index in [1.165, 1.54) is 5.56 Å². The minimum atomic E-state index is 0.491. The Balaban J connectivity index is 2.19. The molecule has 18 heavy (non-hydrogen) atoms. The highest BCUT2D eigenvalue weighted by Crippen LogP contribution is 2.22. The normalized spacial score (nSPS) is 11.0. The number of aryl methyl sites for hydroxylation is 1. The quantitative estimate of drug-likeness (QED) is 0.730. The smallest absolute Gasteiger partial charge is 0.182 e. The lowest BCUT2D eigenvalue weighted by Crippen LogP contribution is -1.93. The van der Waals surface area contributed by atoms with Gasteiger partial charge < -0.3 is 5.73 Å². The number of rotatable bonds is 1. The Kier molecular flexibility index (Phi) is 2.45. The van der Waals surface area contributed by atoms with E-state index in [4.69, 9.17) is 17.3 Å². The molecule has 2 N–H and O–H groups in total. The summed E-state index contributed by atoms with van der Waals surface area (Å²) in [5.41, 5.74) is 9.06. The molecule has 0 aliphatic carbocycles. The van der Waals surface area contributed by atoms with Gasteiger partial charge in [0.05, 0.1) is 16.9 Å². The Hall–Kier alpha value is -2.07. The average molecular weight is 259 g/mol. The standard InChI is InChI=1S/C13H11ClN4/c1-8-3-2-4-9(5-8)13-16-12-6-10(14)11(15)7-18(12)17-13/h2-7H,15H2,1H3. The molecule has 3 aromatic rings. The predicted molar refractivity (Wildman–Crippen MR) is 72.6 cm³/mol. The zero-order valence-corrected chi connectivity index (χ0v) is 10.5. The second-order valence-corrected chi connectivity index (χ2v) is 4.59. The van der Waals surface area contributed by atoms with Gasteiger partial charge in [-0.1, -0.05) is 35.4 Å². The molecule has 0 aliphatic rings. The highest BCUT2D eigenvalue weighted by atomic mass is 35.5. The number of fused-ring (bicyclic) bond motifs is 1. The number of aromatic nitrogens is 3. The van der Waals surface area contributed by atoms with E-state index in [2.05, 4.69) is 10.1 Å². The topological polar surface area (TPSA) is 56.2 Å². The maximum absolute atomic E-state index is 5.96. The van der Waals surface area contributed by atoms with Gasteiger partial charge in [-0.3, -0.25) is 0 Å². The molecular weight excluding hydrogens is 248 g/mol. The van der Waals surface area contributed by atoms with Gasteiger partial charge in [-0.15, -0.1) is 5.10 Å². The molecule has 0 atom stereocenters. The summed E-state index contributed by atoms with van der Waals surface area (Å²) in [4.78, 5) is 4.44. The van der Waals surface area contributed by atoms with Gasteiger partial charge in [-0.2, -0.15) is 0 Å². The Morgan fingerprint density at radius 2 is 2.11 bits per heavy atom. The fourth-order valence-electron chi connectivity index (χ4n) is 1.83. The first-order chi connectivity index (χ1) is 8.63. The largest absolute Gasteiger partial charge is 0.396 e. The number of halogens is 1. The van der Waals surface area contributed by atoms with Gasteiger partial charge >= 0.3 is 0 Å². The van der Waals surface area contributed by atoms with Gasteiger partial charge in [0, 0.05) is 11.6 Å². The van der Waals surface area contributed by atoms with Gasteiger partial charge in [0.15, 0.2) is 11.5 Å². The van der Waals surface area contributed by atoms with Crippen molar-refractivity contribution in [3.8, 4) is 11.4 Å². The second-order valence-electron chi connectivity index (χ2n) is 4.18. The lowest BCUT2D eigenvalue weighted by molar-refractivity contribution is 0.968. The number of pyridine rings is 1. The van der Waals surface area contributed by atoms with E-state index in [1.807, 2.05) is 31.2 Å². The van der Waals surface area contributed by atoms with Crippen LogP contribution in [0.2, 0.25) is 5.02 Å². The van der Waals surface area contributed by atoms with Crippen LogP contribution in [0.25, 0.3) is 17.0 Å². The van der Waals surface area contributed by atoms with E-state index in [1.54, 1.807) is 16.8 Å². The van der Waals surface area contributed by atoms with Gasteiger partial charge in [0.1, 0.15) is 0 Å². The molecule has 0 radical (unpaired) electrons. The third-order valence-corrected chi connectivity index (χ3v) is 3.05. The number of nitrogens with zero attached hydrogens (tertiary/aromatic N) is 3. The third kappa shape index (κ3) is 1.80. The van der Waals surface area contributed by atoms with E-state index in [9.17, 15) is 0 Å². The van der Waals surface area contributed by atoms with Crippen molar-refractivity contribution in [1.29, 1.82) is 0 Å². The summed E-state index contributed by atoms with van der Waals surface area (Å²) in [5.74, 6) is 0.667. The van der Waals surface area contributed by atoms with Gasteiger partial charge in [-0.05, 0) is 13.0 Å². The van der Waals surface area contributed by atoms with Crippen LogP contribution >= 0.6 is 11.6 Å². The zero-order chi connectivity index (χ0) is 12.7. The molecule has 0 saturated heterocycles. The molecule has 4 nitrogen and oxygen atoms in total. The highest BCUT2D eigenvalue weighted by Gasteiger charge is 2.08. The van der Waals surface area contributed by atoms with E-state index in [0.29, 0.717) is 22.2 Å². The van der Waals surface area contributed by atoms with Crippen LogP contribution in [0.5, 0.6) is 0 Å². The van der Waals surface area contributed by atoms with Crippen molar-refractivity contribution >= 4 is 22.9 Å². The Bertz CT molecular complexity index is 694. The molecule has 3 rings (SSSR count). The van der Waals surface area contributed by atoms with Crippen LogP contribution in [-0.2, 0) is 0 Å². The molecule has 0 spiro atoms. The molecule has 1 aromatic carbocycles. The monoisotopic (exact) mass is 258 g/mol. The van der Waals surface area contributed by atoms with Crippen LogP contribution in [0, 0.1) is 6.92 Å². The zero-order valence-electron chi connectivity index (χ0n) is 9.76. The molecule has 0 fully saturated rings. The number of hydrogen-bond acceptors (Lipinski definition) is 3. The summed E-state index contributed by atoms with van der Waals surface area (Å²) in [6.07, 6.45) is 1.67. The number of nitrogen functional groups attached to an aromatic ring is 1. The first-order valence-electron chi connectivity index (χ1n) is 5.52. The molecule has 0 bridgehead atoms. The van der Waals surface area contributed by atoms with Crippen LogP contribution in [0.1, 0.15) is 5.56 Å². The highest BCUT2D eigenvalue weighted by molar-refractivity contribution is 6.33. The second kappa shape index (κ2) is 3.99. The molecule has 90 valence electrons. The van der Waals surface area contributed by atoms with Crippen molar-refractivity contribution < 1.29 is 0 Å². The number of nitrogens with two attached hydrogens (primary N) is 1. The van der Waals surface area contributed by atoms with E-state index in [-0.39, 0.29) is 0 Å². The van der Waals surface area contributed by atoms with E-state index < -0.39 is 0 Å². The summed E-state index contributed by atoms with van der Waals surface area (Å²) in [6.45, 7) is 2.04. The van der Waals surface area contributed by atoms with E-state index in [0.717, 1.165) is 5.56 Å². The molecular formula is C13H11ClN4. The average Bonchev–Trinajstić information content (AvgIpc) is 2.73. The SMILES string of the molecule is Cc1cccc(-c2nc3cc(Cl)c(N)cn3n2)c1. The summed E-state index contributed by atoms with van der Waals surface area (Å²) in [5, 5.41) is 4.88. The third-order valence-electron chi connectivity index (χ3n) is 2.73. The Morgan fingerprint density at radius 3 is 2.89 bits per heavy atom. The Morgan fingerprint density at radius 1 is 1.28 bits per heavy atom. The fraction of sp³-hybridized carbons (Fsp3) is 0.0769. The van der Waals surface area contributed by atoms with Crippen LogP contribution in [0.15, 0.2) is 36.5 Å². The summed E-state index contributed by atoms with van der Waals surface area (Å²) >= 11 is 5.96. The van der Waals surface area contributed by atoms with Crippen LogP contribution in [0.4, 0.5) is 5.69 Å². The first kappa shape index (κ1) is 11.0. The van der Waals surface area contributed by atoms with Gasteiger partial charge in [0.2, 0.25) is 0 Å².